The summed E-state index contributed by atoms with van der Waals surface area (Å²) in [5.41, 5.74) is 6.48. The standard InChI is InChI=1S/C13H19F2N/c1-4-8(2)7-11(16)10-6-5-9(3)12(14)13(10)15/h5-6,8,11H,4,7,16H2,1-3H3. The molecule has 0 amide bonds. The number of halogens is 2. The van der Waals surface area contributed by atoms with E-state index in [0.717, 1.165) is 6.42 Å². The van der Waals surface area contributed by atoms with E-state index in [1.54, 1.807) is 19.1 Å². The predicted molar refractivity (Wildman–Crippen MR) is 62.1 cm³/mol. The van der Waals surface area contributed by atoms with Crippen molar-refractivity contribution in [2.75, 3.05) is 0 Å². The van der Waals surface area contributed by atoms with E-state index in [1.165, 1.54) is 0 Å². The van der Waals surface area contributed by atoms with Gasteiger partial charge in [-0.1, -0.05) is 32.4 Å². The molecule has 0 radical (unpaired) electrons. The highest BCUT2D eigenvalue weighted by molar-refractivity contribution is 5.27. The molecule has 16 heavy (non-hydrogen) atoms. The quantitative estimate of drug-likeness (QED) is 0.833. The van der Waals surface area contributed by atoms with E-state index in [0.29, 0.717) is 17.9 Å². The van der Waals surface area contributed by atoms with Crippen molar-refractivity contribution >= 4 is 0 Å². The van der Waals surface area contributed by atoms with Gasteiger partial charge >= 0.3 is 0 Å². The van der Waals surface area contributed by atoms with Crippen LogP contribution in [-0.2, 0) is 0 Å². The number of aryl methyl sites for hydroxylation is 1. The van der Waals surface area contributed by atoms with Gasteiger partial charge in [-0.05, 0) is 24.8 Å². The number of hydrogen-bond acceptors (Lipinski definition) is 1. The minimum atomic E-state index is -0.796. The van der Waals surface area contributed by atoms with Gasteiger partial charge in [0.2, 0.25) is 0 Å². The zero-order valence-electron chi connectivity index (χ0n) is 10.1. The van der Waals surface area contributed by atoms with E-state index in [9.17, 15) is 8.78 Å². The summed E-state index contributed by atoms with van der Waals surface area (Å²) < 4.78 is 27.0. The molecule has 1 nitrogen and oxygen atoms in total. The van der Waals surface area contributed by atoms with E-state index in [1.807, 2.05) is 0 Å². The highest BCUT2D eigenvalue weighted by atomic mass is 19.2. The van der Waals surface area contributed by atoms with Crippen molar-refractivity contribution in [1.82, 2.24) is 0 Å². The molecule has 2 N–H and O–H groups in total. The van der Waals surface area contributed by atoms with Crippen molar-refractivity contribution in [3.8, 4) is 0 Å². The van der Waals surface area contributed by atoms with E-state index in [4.69, 9.17) is 5.73 Å². The average molecular weight is 227 g/mol. The fourth-order valence-corrected chi connectivity index (χ4v) is 1.67. The molecule has 1 aromatic rings. The Kier molecular flexibility index (Phi) is 4.42. The second-order valence-corrected chi connectivity index (χ2v) is 4.46. The van der Waals surface area contributed by atoms with Crippen LogP contribution in [-0.4, -0.2) is 0 Å². The van der Waals surface area contributed by atoms with Gasteiger partial charge in [-0.2, -0.15) is 0 Å². The van der Waals surface area contributed by atoms with Crippen LogP contribution in [0.25, 0.3) is 0 Å². The predicted octanol–water partition coefficient (Wildman–Crippen LogP) is 3.71. The maximum atomic E-state index is 13.6. The van der Waals surface area contributed by atoms with Gasteiger partial charge < -0.3 is 5.73 Å². The molecular weight excluding hydrogens is 208 g/mol. The Morgan fingerprint density at radius 1 is 1.25 bits per heavy atom. The van der Waals surface area contributed by atoms with Crippen LogP contribution in [0.2, 0.25) is 0 Å². The molecule has 90 valence electrons. The number of rotatable bonds is 4. The molecule has 0 aromatic heterocycles. The summed E-state index contributed by atoms with van der Waals surface area (Å²) in [7, 11) is 0. The summed E-state index contributed by atoms with van der Waals surface area (Å²) in [5.74, 6) is -1.16. The molecule has 0 saturated carbocycles. The minimum absolute atomic E-state index is 0.281. The van der Waals surface area contributed by atoms with Gasteiger partial charge in [-0.15, -0.1) is 0 Å². The Hall–Kier alpha value is -0.960. The summed E-state index contributed by atoms with van der Waals surface area (Å²) in [5, 5.41) is 0. The van der Waals surface area contributed by atoms with Gasteiger partial charge in [0.1, 0.15) is 0 Å². The lowest BCUT2D eigenvalue weighted by molar-refractivity contribution is 0.434. The van der Waals surface area contributed by atoms with Crippen LogP contribution in [0, 0.1) is 24.5 Å². The second-order valence-electron chi connectivity index (χ2n) is 4.46. The Morgan fingerprint density at radius 3 is 2.44 bits per heavy atom. The third-order valence-corrected chi connectivity index (χ3v) is 3.06. The molecule has 1 rings (SSSR count). The minimum Gasteiger partial charge on any atom is -0.324 e. The van der Waals surface area contributed by atoms with Gasteiger partial charge in [-0.3, -0.25) is 0 Å². The lowest BCUT2D eigenvalue weighted by Gasteiger charge is -2.17. The molecule has 0 heterocycles. The molecule has 0 spiro atoms. The first-order chi connectivity index (χ1) is 7.47. The van der Waals surface area contributed by atoms with Crippen LogP contribution in [0.15, 0.2) is 12.1 Å². The van der Waals surface area contributed by atoms with Crippen molar-refractivity contribution in [3.05, 3.63) is 34.9 Å². The smallest absolute Gasteiger partial charge is 0.163 e. The molecule has 2 atom stereocenters. The summed E-state index contributed by atoms with van der Waals surface area (Å²) in [6.45, 7) is 5.66. The third-order valence-electron chi connectivity index (χ3n) is 3.06. The van der Waals surface area contributed by atoms with E-state index in [-0.39, 0.29) is 5.56 Å². The highest BCUT2D eigenvalue weighted by Crippen LogP contribution is 2.25. The van der Waals surface area contributed by atoms with E-state index in [2.05, 4.69) is 13.8 Å². The molecule has 2 unspecified atom stereocenters. The fourth-order valence-electron chi connectivity index (χ4n) is 1.67. The first-order valence-electron chi connectivity index (χ1n) is 5.67. The van der Waals surface area contributed by atoms with Crippen LogP contribution in [0.5, 0.6) is 0 Å². The first kappa shape index (κ1) is 13.1. The van der Waals surface area contributed by atoms with Gasteiger partial charge in [-0.25, -0.2) is 8.78 Å². The van der Waals surface area contributed by atoms with Crippen LogP contribution in [0.4, 0.5) is 8.78 Å². The lowest BCUT2D eigenvalue weighted by Crippen LogP contribution is -2.16. The maximum Gasteiger partial charge on any atom is 0.163 e. The van der Waals surface area contributed by atoms with Crippen LogP contribution in [0.3, 0.4) is 0 Å². The van der Waals surface area contributed by atoms with Crippen molar-refractivity contribution in [1.29, 1.82) is 0 Å². The molecule has 0 aliphatic rings. The molecular formula is C13H19F2N. The Balaban J connectivity index is 2.92. The monoisotopic (exact) mass is 227 g/mol. The zero-order valence-corrected chi connectivity index (χ0v) is 10.1. The maximum absolute atomic E-state index is 13.6. The fraction of sp³-hybridized carbons (Fsp3) is 0.538. The summed E-state index contributed by atoms with van der Waals surface area (Å²) in [6.07, 6.45) is 1.67. The molecule has 0 aliphatic carbocycles. The first-order valence-corrected chi connectivity index (χ1v) is 5.67. The Bertz CT molecular complexity index is 363. The van der Waals surface area contributed by atoms with Crippen molar-refractivity contribution in [2.45, 2.75) is 39.7 Å². The number of hydrogen-bond donors (Lipinski definition) is 1. The number of nitrogens with two attached hydrogens (primary N) is 1. The molecule has 0 bridgehead atoms. The largest absolute Gasteiger partial charge is 0.324 e. The van der Waals surface area contributed by atoms with Gasteiger partial charge in [0.25, 0.3) is 0 Å². The molecule has 0 aliphatic heterocycles. The van der Waals surface area contributed by atoms with Crippen LogP contribution >= 0.6 is 0 Å². The lowest BCUT2D eigenvalue weighted by atomic mass is 9.94. The van der Waals surface area contributed by atoms with Gasteiger partial charge in [0.05, 0.1) is 0 Å². The molecule has 1 aromatic carbocycles. The van der Waals surface area contributed by atoms with Crippen LogP contribution < -0.4 is 5.73 Å². The highest BCUT2D eigenvalue weighted by Gasteiger charge is 2.17. The number of benzene rings is 1. The van der Waals surface area contributed by atoms with Gasteiger partial charge in [0, 0.05) is 11.6 Å². The summed E-state index contributed by atoms with van der Waals surface area (Å²) >= 11 is 0. The Labute approximate surface area is 95.7 Å². The Morgan fingerprint density at radius 2 is 1.88 bits per heavy atom. The summed E-state index contributed by atoms with van der Waals surface area (Å²) in [6, 6.07) is 2.73. The van der Waals surface area contributed by atoms with Crippen LogP contribution in [0.1, 0.15) is 43.9 Å². The van der Waals surface area contributed by atoms with Crippen molar-refractivity contribution in [3.63, 3.8) is 0 Å². The molecule has 0 fully saturated rings. The topological polar surface area (TPSA) is 26.0 Å². The van der Waals surface area contributed by atoms with E-state index >= 15 is 0 Å². The van der Waals surface area contributed by atoms with Crippen molar-refractivity contribution < 1.29 is 8.78 Å². The van der Waals surface area contributed by atoms with Gasteiger partial charge in [0.15, 0.2) is 11.6 Å². The second kappa shape index (κ2) is 5.39. The zero-order chi connectivity index (χ0) is 12.3. The van der Waals surface area contributed by atoms with E-state index < -0.39 is 17.7 Å². The molecule has 0 saturated heterocycles. The normalized spacial score (nSPS) is 14.9. The third kappa shape index (κ3) is 2.79. The summed E-state index contributed by atoms with van der Waals surface area (Å²) in [4.78, 5) is 0. The average Bonchev–Trinajstić information content (AvgIpc) is 2.25. The molecule has 3 heteroatoms. The SMILES string of the molecule is CCC(C)CC(N)c1ccc(C)c(F)c1F. The van der Waals surface area contributed by atoms with Crippen molar-refractivity contribution in [2.24, 2.45) is 11.7 Å².